The molecule has 4 aromatic rings. The third-order valence-electron chi connectivity index (χ3n) is 7.42. The van der Waals surface area contributed by atoms with Gasteiger partial charge in [-0.25, -0.2) is 14.9 Å². The lowest BCUT2D eigenvalue weighted by Gasteiger charge is -2.31. The van der Waals surface area contributed by atoms with E-state index in [9.17, 15) is 19.8 Å². The molecule has 1 atom stereocenters. The van der Waals surface area contributed by atoms with Gasteiger partial charge in [0.15, 0.2) is 5.88 Å². The summed E-state index contributed by atoms with van der Waals surface area (Å²) in [5.74, 6) is -1.42. The van der Waals surface area contributed by atoms with Crippen molar-refractivity contribution in [1.29, 1.82) is 0 Å². The third kappa shape index (κ3) is 6.36. The van der Waals surface area contributed by atoms with Crippen LogP contribution >= 0.6 is 0 Å². The van der Waals surface area contributed by atoms with Crippen LogP contribution in [0.1, 0.15) is 44.3 Å². The minimum Gasteiger partial charge on any atom is -0.494 e. The molecule has 1 aromatic heterocycles. The lowest BCUT2D eigenvalue weighted by atomic mass is 9.98. The van der Waals surface area contributed by atoms with Gasteiger partial charge in [0.2, 0.25) is 0 Å². The maximum Gasteiger partial charge on any atom is 0.336 e. The number of amides is 1. The van der Waals surface area contributed by atoms with Gasteiger partial charge in [0.05, 0.1) is 29.1 Å². The average Bonchev–Trinajstić information content (AvgIpc) is 3.29. The quantitative estimate of drug-likeness (QED) is 0.174. The van der Waals surface area contributed by atoms with Crippen molar-refractivity contribution in [2.24, 2.45) is 4.99 Å². The Bertz CT molecular complexity index is 1610. The Morgan fingerprint density at radius 3 is 2.52 bits per heavy atom. The number of piperazine rings is 1. The van der Waals surface area contributed by atoms with E-state index in [2.05, 4.69) is 22.1 Å². The molecule has 42 heavy (non-hydrogen) atoms. The first-order chi connectivity index (χ1) is 20.2. The molecule has 0 saturated carbocycles. The molecule has 1 aliphatic heterocycles. The van der Waals surface area contributed by atoms with Crippen molar-refractivity contribution in [3.05, 3.63) is 94.5 Å². The summed E-state index contributed by atoms with van der Waals surface area (Å²) in [5, 5.41) is 25.8. The summed E-state index contributed by atoms with van der Waals surface area (Å²) in [4.78, 5) is 40.4. The number of hydrogen-bond donors (Lipinski definition) is 4. The van der Waals surface area contributed by atoms with Gasteiger partial charge >= 0.3 is 5.97 Å². The summed E-state index contributed by atoms with van der Waals surface area (Å²) >= 11 is 0. The first kappa shape index (κ1) is 29.0. The van der Waals surface area contributed by atoms with Crippen molar-refractivity contribution >= 4 is 34.2 Å². The number of aromatic nitrogens is 1. The number of aromatic amines is 1. The monoisotopic (exact) mass is 569 g/mol. The van der Waals surface area contributed by atoms with E-state index >= 15 is 0 Å². The van der Waals surface area contributed by atoms with Gasteiger partial charge in [0, 0.05) is 61.3 Å². The van der Waals surface area contributed by atoms with Gasteiger partial charge < -0.3 is 20.5 Å². The number of H-pyrrole nitrogens is 1. The van der Waals surface area contributed by atoms with Crippen molar-refractivity contribution in [2.45, 2.75) is 19.9 Å². The Kier molecular flexibility index (Phi) is 8.67. The maximum atomic E-state index is 13.0. The number of rotatable bonds is 9. The van der Waals surface area contributed by atoms with Gasteiger partial charge in [0.25, 0.3) is 5.91 Å². The fourth-order valence-electron chi connectivity index (χ4n) is 5.24. The number of hydrogen-bond acceptors (Lipinski definition) is 7. The fourth-order valence-corrected chi connectivity index (χ4v) is 5.24. The highest BCUT2D eigenvalue weighted by Crippen LogP contribution is 2.33. The lowest BCUT2D eigenvalue weighted by molar-refractivity contribution is -0.110. The molecule has 1 aliphatic rings. The third-order valence-corrected chi connectivity index (χ3v) is 7.42. The second-order valence-corrected chi connectivity index (χ2v) is 10.5. The Morgan fingerprint density at radius 2 is 1.83 bits per heavy atom. The van der Waals surface area contributed by atoms with E-state index in [1.807, 2.05) is 30.3 Å². The Morgan fingerprint density at radius 1 is 1.10 bits per heavy atom. The maximum absolute atomic E-state index is 13.0. The highest BCUT2D eigenvalue weighted by Gasteiger charge is 2.21. The predicted molar refractivity (Wildman–Crippen MR) is 162 cm³/mol. The molecule has 0 bridgehead atoms. The molecule has 10 nitrogen and oxygen atoms in total. The van der Waals surface area contributed by atoms with Gasteiger partial charge in [-0.05, 0) is 55.8 Å². The standard InChI is InChI=1S/C32H35N5O5/c1-20-17-26-27(18-25(20)32(40)41)35-30(38)28(26)29(22-7-5-4-6-8-22)34-24-11-9-23(10-12-24)31(39)36(3)42-16-15-37-14-13-33-21(2)19-37/h4-12,17-18,21,33,35,38H,13-16,19H2,1-3H3,(H,40,41)/t21-/m1/s1. The van der Waals surface area contributed by atoms with Crippen LogP contribution < -0.4 is 5.32 Å². The van der Waals surface area contributed by atoms with Crippen LogP contribution in [0, 0.1) is 6.92 Å². The summed E-state index contributed by atoms with van der Waals surface area (Å²) in [6.07, 6.45) is 0. The lowest BCUT2D eigenvalue weighted by Crippen LogP contribution is -2.50. The van der Waals surface area contributed by atoms with Crippen LogP contribution in [0.2, 0.25) is 0 Å². The number of carboxylic acid groups (broad SMARTS) is 1. The first-order valence-corrected chi connectivity index (χ1v) is 13.9. The van der Waals surface area contributed by atoms with Crippen molar-refractivity contribution in [1.82, 2.24) is 20.3 Å². The molecule has 0 unspecified atom stereocenters. The highest BCUT2D eigenvalue weighted by atomic mass is 16.7. The van der Waals surface area contributed by atoms with Gasteiger partial charge in [0.1, 0.15) is 0 Å². The number of aromatic carboxylic acids is 1. The summed E-state index contributed by atoms with van der Waals surface area (Å²) in [7, 11) is 1.61. The van der Waals surface area contributed by atoms with E-state index in [4.69, 9.17) is 9.83 Å². The molecule has 5 rings (SSSR count). The van der Waals surface area contributed by atoms with Crippen molar-refractivity contribution in [3.63, 3.8) is 0 Å². The van der Waals surface area contributed by atoms with Crippen molar-refractivity contribution in [2.75, 3.05) is 39.8 Å². The van der Waals surface area contributed by atoms with Gasteiger partial charge in [-0.15, -0.1) is 0 Å². The Balaban J connectivity index is 1.38. The first-order valence-electron chi connectivity index (χ1n) is 13.9. The van der Waals surface area contributed by atoms with Crippen molar-refractivity contribution < 1.29 is 24.6 Å². The van der Waals surface area contributed by atoms with Crippen LogP contribution in [0.5, 0.6) is 5.88 Å². The minimum absolute atomic E-state index is 0.115. The number of benzene rings is 3. The van der Waals surface area contributed by atoms with E-state index in [0.717, 1.165) is 31.7 Å². The van der Waals surface area contributed by atoms with E-state index in [0.29, 0.717) is 51.6 Å². The fraction of sp³-hybridized carbons (Fsp3) is 0.281. The van der Waals surface area contributed by atoms with Crippen LogP contribution in [0.15, 0.2) is 71.7 Å². The summed E-state index contributed by atoms with van der Waals surface area (Å²) < 4.78 is 0. The largest absolute Gasteiger partial charge is 0.494 e. The van der Waals surface area contributed by atoms with Crippen LogP contribution in [-0.4, -0.2) is 88.6 Å². The number of aromatic hydroxyl groups is 1. The Labute approximate surface area is 244 Å². The molecule has 1 fully saturated rings. The van der Waals surface area contributed by atoms with Crippen LogP contribution in [0.4, 0.5) is 5.69 Å². The zero-order valence-electron chi connectivity index (χ0n) is 23.9. The molecule has 1 saturated heterocycles. The van der Waals surface area contributed by atoms with Crippen LogP contribution in [-0.2, 0) is 4.84 Å². The summed E-state index contributed by atoms with van der Waals surface area (Å²) in [6, 6.07) is 20.0. The molecule has 0 radical (unpaired) electrons. The second kappa shape index (κ2) is 12.6. The summed E-state index contributed by atoms with van der Waals surface area (Å²) in [6.45, 7) is 7.89. The number of aliphatic imine (C=N–C) groups is 1. The van der Waals surface area contributed by atoms with Crippen LogP contribution in [0.25, 0.3) is 10.9 Å². The minimum atomic E-state index is -1.04. The molecular formula is C32H35N5O5. The number of nitrogens with zero attached hydrogens (tertiary/aromatic N) is 3. The molecule has 4 N–H and O–H groups in total. The van der Waals surface area contributed by atoms with Crippen molar-refractivity contribution in [3.8, 4) is 5.88 Å². The molecule has 0 spiro atoms. The number of fused-ring (bicyclic) bond motifs is 1. The molecule has 218 valence electrons. The SMILES string of the molecule is Cc1cc2c(C(=Nc3ccc(C(=O)N(C)OCCN4CCN[C@H](C)C4)cc3)c3ccccc3)c(O)[nH]c2cc1C(=O)O. The number of nitrogens with one attached hydrogen (secondary N) is 2. The number of carbonyl (C=O) groups excluding carboxylic acids is 1. The normalized spacial score (nSPS) is 16.1. The zero-order valence-corrected chi connectivity index (χ0v) is 23.9. The molecule has 0 aliphatic carbocycles. The van der Waals surface area contributed by atoms with E-state index in [1.54, 1.807) is 44.3 Å². The van der Waals surface area contributed by atoms with Crippen LogP contribution in [0.3, 0.4) is 0 Å². The second-order valence-electron chi connectivity index (χ2n) is 10.5. The number of hydroxylamine groups is 2. The Hall–Kier alpha value is -4.51. The predicted octanol–water partition coefficient (Wildman–Crippen LogP) is 4.35. The van der Waals surface area contributed by atoms with Gasteiger partial charge in [-0.3, -0.25) is 14.5 Å². The summed E-state index contributed by atoms with van der Waals surface area (Å²) in [5.41, 5.74) is 3.98. The molecule has 2 heterocycles. The van der Waals surface area contributed by atoms with E-state index < -0.39 is 5.97 Å². The van der Waals surface area contributed by atoms with E-state index in [-0.39, 0.29) is 17.4 Å². The smallest absolute Gasteiger partial charge is 0.336 e. The molecular weight excluding hydrogens is 534 g/mol. The zero-order chi connectivity index (χ0) is 29.8. The topological polar surface area (TPSA) is 130 Å². The number of carbonyl (C=O) groups is 2. The highest BCUT2D eigenvalue weighted by molar-refractivity contribution is 6.22. The van der Waals surface area contributed by atoms with E-state index in [1.165, 1.54) is 11.1 Å². The molecule has 3 aromatic carbocycles. The number of aryl methyl sites for hydroxylation is 1. The molecule has 10 heteroatoms. The van der Waals surface area contributed by atoms with Gasteiger partial charge in [-0.1, -0.05) is 30.3 Å². The van der Waals surface area contributed by atoms with Gasteiger partial charge in [-0.2, -0.15) is 0 Å². The number of carboxylic acids is 1. The average molecular weight is 570 g/mol. The molecule has 1 amide bonds.